The molecule has 0 aromatic heterocycles. The SMILES string of the molecule is Cc1cc(N2CCOC(CN(C)CC(=O)O)C2)c([N+](=O)[O-])cc1C(F)(F)F. The van der Waals surface area contributed by atoms with E-state index in [-0.39, 0.29) is 44.0 Å². The van der Waals surface area contributed by atoms with Crippen LogP contribution >= 0.6 is 0 Å². The van der Waals surface area contributed by atoms with Crippen LogP contribution in [0.2, 0.25) is 0 Å². The van der Waals surface area contributed by atoms with E-state index in [0.29, 0.717) is 6.07 Å². The summed E-state index contributed by atoms with van der Waals surface area (Å²) in [5.41, 5.74) is -1.66. The highest BCUT2D eigenvalue weighted by Gasteiger charge is 2.36. The van der Waals surface area contributed by atoms with Gasteiger partial charge in [-0.15, -0.1) is 0 Å². The van der Waals surface area contributed by atoms with Gasteiger partial charge in [-0.1, -0.05) is 0 Å². The summed E-state index contributed by atoms with van der Waals surface area (Å²) >= 11 is 0. The van der Waals surface area contributed by atoms with Gasteiger partial charge in [-0.3, -0.25) is 19.8 Å². The van der Waals surface area contributed by atoms with Crippen molar-refractivity contribution in [3.05, 3.63) is 33.4 Å². The third-order valence-corrected chi connectivity index (χ3v) is 4.22. The molecule has 1 heterocycles. The minimum absolute atomic E-state index is 0.0969. The number of carboxylic acids is 1. The van der Waals surface area contributed by atoms with Crippen LogP contribution in [0.3, 0.4) is 0 Å². The van der Waals surface area contributed by atoms with E-state index in [0.717, 1.165) is 0 Å². The summed E-state index contributed by atoms with van der Waals surface area (Å²) in [7, 11) is 1.60. The summed E-state index contributed by atoms with van der Waals surface area (Å²) in [5, 5.41) is 20.1. The van der Waals surface area contributed by atoms with Gasteiger partial charge in [0, 0.05) is 25.7 Å². The summed E-state index contributed by atoms with van der Waals surface area (Å²) in [6, 6.07) is 1.73. The molecule has 1 aromatic rings. The van der Waals surface area contributed by atoms with Gasteiger partial charge in [-0.2, -0.15) is 13.2 Å². The average molecular weight is 391 g/mol. The summed E-state index contributed by atoms with van der Waals surface area (Å²) in [5.74, 6) is -1.00. The molecule has 1 aliphatic heterocycles. The largest absolute Gasteiger partial charge is 0.480 e. The molecule has 0 aliphatic carbocycles. The lowest BCUT2D eigenvalue weighted by Crippen LogP contribution is -2.47. The van der Waals surface area contributed by atoms with Crippen LogP contribution in [0, 0.1) is 17.0 Å². The molecule has 1 atom stereocenters. The zero-order chi connectivity index (χ0) is 20.4. The Morgan fingerprint density at radius 1 is 1.48 bits per heavy atom. The summed E-state index contributed by atoms with van der Waals surface area (Å²) in [6.45, 7) is 2.05. The standard InChI is InChI=1S/C16H20F3N3O5/c1-10-5-13(14(22(25)26)6-12(10)16(17,18)19)21-3-4-27-11(8-21)7-20(2)9-15(23)24/h5-6,11H,3-4,7-9H2,1-2H3,(H,23,24). The number of aryl methyl sites for hydroxylation is 1. The first-order chi connectivity index (χ1) is 12.5. The van der Waals surface area contributed by atoms with Crippen LogP contribution in [0.5, 0.6) is 0 Å². The minimum Gasteiger partial charge on any atom is -0.480 e. The fourth-order valence-corrected chi connectivity index (χ4v) is 3.08. The lowest BCUT2D eigenvalue weighted by atomic mass is 10.0. The minimum atomic E-state index is -4.68. The third kappa shape index (κ3) is 5.30. The zero-order valence-corrected chi connectivity index (χ0v) is 14.8. The maximum absolute atomic E-state index is 13.1. The molecule has 1 saturated heterocycles. The number of morpholine rings is 1. The molecule has 0 saturated carbocycles. The van der Waals surface area contributed by atoms with Gasteiger partial charge in [0.2, 0.25) is 0 Å². The van der Waals surface area contributed by atoms with Crippen molar-refractivity contribution in [1.29, 1.82) is 0 Å². The van der Waals surface area contributed by atoms with Crippen molar-refractivity contribution in [3.8, 4) is 0 Å². The maximum atomic E-state index is 13.1. The van der Waals surface area contributed by atoms with Crippen molar-refractivity contribution in [3.63, 3.8) is 0 Å². The molecule has 0 amide bonds. The Morgan fingerprint density at radius 2 is 2.15 bits per heavy atom. The number of carboxylic acid groups (broad SMARTS) is 1. The highest BCUT2D eigenvalue weighted by Crippen LogP contribution is 2.39. The molecule has 1 aromatic carbocycles. The van der Waals surface area contributed by atoms with Crippen molar-refractivity contribution in [1.82, 2.24) is 4.90 Å². The Balaban J connectivity index is 2.27. The van der Waals surface area contributed by atoms with Gasteiger partial charge in [0.1, 0.15) is 5.69 Å². The van der Waals surface area contributed by atoms with E-state index < -0.39 is 34.4 Å². The lowest BCUT2D eigenvalue weighted by Gasteiger charge is -2.36. The number of aliphatic carboxylic acids is 1. The number of nitro benzene ring substituents is 1. The van der Waals surface area contributed by atoms with Crippen molar-refractivity contribution < 1.29 is 32.7 Å². The Kier molecular flexibility index (Phi) is 6.26. The molecule has 0 spiro atoms. The number of benzene rings is 1. The molecule has 27 heavy (non-hydrogen) atoms. The van der Waals surface area contributed by atoms with Gasteiger partial charge in [0.25, 0.3) is 5.69 Å². The predicted octanol–water partition coefficient (Wildman–Crippen LogP) is 2.14. The van der Waals surface area contributed by atoms with Crippen LogP contribution in [-0.2, 0) is 15.7 Å². The van der Waals surface area contributed by atoms with Crippen molar-refractivity contribution >= 4 is 17.3 Å². The maximum Gasteiger partial charge on any atom is 0.416 e. The van der Waals surface area contributed by atoms with Crippen LogP contribution in [-0.4, -0.2) is 66.8 Å². The van der Waals surface area contributed by atoms with Crippen molar-refractivity contribution in [2.45, 2.75) is 19.2 Å². The Morgan fingerprint density at radius 3 is 2.70 bits per heavy atom. The van der Waals surface area contributed by atoms with Crippen LogP contribution in [0.1, 0.15) is 11.1 Å². The number of carbonyl (C=O) groups is 1. The molecule has 1 fully saturated rings. The molecular weight excluding hydrogens is 371 g/mol. The smallest absolute Gasteiger partial charge is 0.416 e. The molecule has 1 unspecified atom stereocenters. The summed E-state index contributed by atoms with van der Waals surface area (Å²) < 4.78 is 44.8. The van der Waals surface area contributed by atoms with Crippen molar-refractivity contribution in [2.24, 2.45) is 0 Å². The van der Waals surface area contributed by atoms with E-state index in [1.54, 1.807) is 11.9 Å². The third-order valence-electron chi connectivity index (χ3n) is 4.22. The lowest BCUT2D eigenvalue weighted by molar-refractivity contribution is -0.384. The Labute approximate surface area is 153 Å². The number of alkyl halides is 3. The number of halogens is 3. The van der Waals surface area contributed by atoms with Gasteiger partial charge in [-0.25, -0.2) is 0 Å². The van der Waals surface area contributed by atoms with Crippen LogP contribution < -0.4 is 4.90 Å². The van der Waals surface area contributed by atoms with Gasteiger partial charge in [0.15, 0.2) is 0 Å². The number of anilines is 1. The van der Waals surface area contributed by atoms with E-state index >= 15 is 0 Å². The number of rotatable bonds is 6. The van der Waals surface area contributed by atoms with E-state index in [1.807, 2.05) is 0 Å². The molecule has 150 valence electrons. The second kappa shape index (κ2) is 8.09. The molecular formula is C16H20F3N3O5. The molecule has 0 radical (unpaired) electrons. The number of hydrogen-bond acceptors (Lipinski definition) is 6. The van der Waals surface area contributed by atoms with Gasteiger partial charge in [-0.05, 0) is 25.6 Å². The first-order valence-electron chi connectivity index (χ1n) is 8.12. The molecule has 11 heteroatoms. The Hall–Kier alpha value is -2.40. The van der Waals surface area contributed by atoms with Crippen LogP contribution in [0.15, 0.2) is 12.1 Å². The number of nitro groups is 1. The normalized spacial score (nSPS) is 18.0. The van der Waals surface area contributed by atoms with Crippen molar-refractivity contribution in [2.75, 3.05) is 44.7 Å². The second-order valence-electron chi connectivity index (χ2n) is 6.44. The quantitative estimate of drug-likeness (QED) is 0.586. The zero-order valence-electron chi connectivity index (χ0n) is 14.8. The second-order valence-corrected chi connectivity index (χ2v) is 6.44. The number of nitrogens with zero attached hydrogens (tertiary/aromatic N) is 3. The van der Waals surface area contributed by atoms with Gasteiger partial charge in [0.05, 0.1) is 29.7 Å². The van der Waals surface area contributed by atoms with Crippen LogP contribution in [0.4, 0.5) is 24.5 Å². The fourth-order valence-electron chi connectivity index (χ4n) is 3.08. The fraction of sp³-hybridized carbons (Fsp3) is 0.562. The molecule has 8 nitrogen and oxygen atoms in total. The summed E-state index contributed by atoms with van der Waals surface area (Å²) in [4.78, 5) is 24.4. The highest BCUT2D eigenvalue weighted by molar-refractivity contribution is 5.69. The highest BCUT2D eigenvalue weighted by atomic mass is 19.4. The van der Waals surface area contributed by atoms with Gasteiger partial charge < -0.3 is 14.7 Å². The van der Waals surface area contributed by atoms with Crippen LogP contribution in [0.25, 0.3) is 0 Å². The Bertz CT molecular complexity index is 726. The molecule has 1 N–H and O–H groups in total. The first-order valence-corrected chi connectivity index (χ1v) is 8.12. The topological polar surface area (TPSA) is 96.2 Å². The van der Waals surface area contributed by atoms with E-state index in [9.17, 15) is 28.1 Å². The van der Waals surface area contributed by atoms with E-state index in [2.05, 4.69) is 0 Å². The summed E-state index contributed by atoms with van der Waals surface area (Å²) in [6.07, 6.45) is -5.11. The number of ether oxygens (including phenoxy) is 1. The number of likely N-dealkylation sites (N-methyl/N-ethyl adjacent to an activating group) is 1. The monoisotopic (exact) mass is 391 g/mol. The number of hydrogen-bond donors (Lipinski definition) is 1. The average Bonchev–Trinajstić information content (AvgIpc) is 2.52. The molecule has 0 bridgehead atoms. The van der Waals surface area contributed by atoms with E-state index in [1.165, 1.54) is 17.9 Å². The first kappa shape index (κ1) is 20.9. The molecule has 2 rings (SSSR count). The molecule has 1 aliphatic rings. The predicted molar refractivity (Wildman–Crippen MR) is 89.9 cm³/mol. The van der Waals surface area contributed by atoms with Gasteiger partial charge >= 0.3 is 12.1 Å². The van der Waals surface area contributed by atoms with E-state index in [4.69, 9.17) is 9.84 Å².